The molecule has 1 fully saturated rings. The third kappa shape index (κ3) is 1.08. The first kappa shape index (κ1) is 9.33. The first-order chi connectivity index (χ1) is 7.63. The molecule has 1 heterocycles. The van der Waals surface area contributed by atoms with E-state index in [0.717, 1.165) is 0 Å². The monoisotopic (exact) mass is 221 g/mol. The van der Waals surface area contributed by atoms with E-state index in [0.29, 0.717) is 18.4 Å². The summed E-state index contributed by atoms with van der Waals surface area (Å²) in [6, 6.07) is 4.38. The second kappa shape index (κ2) is 2.81. The molecular weight excluding hydrogens is 213 g/mol. The van der Waals surface area contributed by atoms with E-state index in [1.54, 1.807) is 6.07 Å². The average molecular weight is 221 g/mol. The fourth-order valence-electron chi connectivity index (χ4n) is 1.76. The highest BCUT2D eigenvalue weighted by atomic mass is 19.1. The number of oxazole rings is 1. The van der Waals surface area contributed by atoms with Gasteiger partial charge in [-0.25, -0.2) is 9.37 Å². The van der Waals surface area contributed by atoms with Crippen molar-refractivity contribution in [1.29, 1.82) is 0 Å². The van der Waals surface area contributed by atoms with Crippen LogP contribution in [-0.4, -0.2) is 16.1 Å². The lowest BCUT2D eigenvalue weighted by atomic mass is 10.1. The molecule has 0 radical (unpaired) electrons. The van der Waals surface area contributed by atoms with Gasteiger partial charge in [0.05, 0.1) is 0 Å². The summed E-state index contributed by atoms with van der Waals surface area (Å²) in [7, 11) is 0. The van der Waals surface area contributed by atoms with E-state index in [1.165, 1.54) is 12.1 Å². The normalized spacial score (nSPS) is 17.6. The number of carboxylic acid groups (broad SMARTS) is 1. The largest absolute Gasteiger partial charge is 0.480 e. The highest BCUT2D eigenvalue weighted by Gasteiger charge is 2.56. The minimum Gasteiger partial charge on any atom is -0.480 e. The van der Waals surface area contributed by atoms with Gasteiger partial charge in [-0.2, -0.15) is 0 Å². The minimum absolute atomic E-state index is 0.0324. The number of halogens is 1. The summed E-state index contributed by atoms with van der Waals surface area (Å²) in [6.07, 6.45) is 0.994. The number of nitrogens with zero attached hydrogens (tertiary/aromatic N) is 1. The molecule has 1 aliphatic rings. The van der Waals surface area contributed by atoms with Gasteiger partial charge in [-0.15, -0.1) is 0 Å². The van der Waals surface area contributed by atoms with Crippen LogP contribution in [0.25, 0.3) is 11.1 Å². The van der Waals surface area contributed by atoms with Crippen molar-refractivity contribution < 1.29 is 18.7 Å². The molecule has 1 aromatic carbocycles. The Morgan fingerprint density at radius 3 is 2.81 bits per heavy atom. The van der Waals surface area contributed by atoms with Crippen LogP contribution >= 0.6 is 0 Å². The molecule has 0 atom stereocenters. The third-order valence-electron chi connectivity index (χ3n) is 2.94. The van der Waals surface area contributed by atoms with E-state index >= 15 is 0 Å². The summed E-state index contributed by atoms with van der Waals surface area (Å²) in [5, 5.41) is 9.06. The molecule has 5 heteroatoms. The van der Waals surface area contributed by atoms with Gasteiger partial charge in [0, 0.05) is 0 Å². The van der Waals surface area contributed by atoms with Crippen LogP contribution in [0, 0.1) is 5.82 Å². The first-order valence-corrected chi connectivity index (χ1v) is 4.92. The number of carboxylic acids is 1. The van der Waals surface area contributed by atoms with Crippen LogP contribution in [0.4, 0.5) is 4.39 Å². The minimum atomic E-state index is -1.02. The molecule has 0 unspecified atom stereocenters. The molecule has 82 valence electrons. The maximum absolute atomic E-state index is 13.3. The summed E-state index contributed by atoms with van der Waals surface area (Å²) in [4.78, 5) is 15.1. The van der Waals surface area contributed by atoms with Crippen LogP contribution < -0.4 is 0 Å². The van der Waals surface area contributed by atoms with Gasteiger partial charge in [0.2, 0.25) is 5.89 Å². The number of para-hydroxylation sites is 1. The molecular formula is C11H8FNO3. The lowest BCUT2D eigenvalue weighted by Gasteiger charge is -2.02. The highest BCUT2D eigenvalue weighted by Crippen LogP contribution is 2.48. The number of fused-ring (bicyclic) bond motifs is 1. The van der Waals surface area contributed by atoms with E-state index < -0.39 is 17.2 Å². The molecule has 1 N–H and O–H groups in total. The summed E-state index contributed by atoms with van der Waals surface area (Å²) in [5.41, 5.74) is -0.626. The zero-order valence-electron chi connectivity index (χ0n) is 8.24. The Morgan fingerprint density at radius 2 is 2.25 bits per heavy atom. The van der Waals surface area contributed by atoms with Gasteiger partial charge in [0.1, 0.15) is 10.9 Å². The molecule has 0 saturated heterocycles. The Bertz CT molecular complexity index is 586. The van der Waals surface area contributed by atoms with Crippen LogP contribution in [0.1, 0.15) is 18.7 Å². The molecule has 2 aromatic rings. The average Bonchev–Trinajstić information content (AvgIpc) is 2.94. The second-order valence-electron chi connectivity index (χ2n) is 3.99. The molecule has 3 rings (SSSR count). The number of carbonyl (C=O) groups is 1. The maximum atomic E-state index is 13.3. The Kier molecular flexibility index (Phi) is 1.64. The molecule has 16 heavy (non-hydrogen) atoms. The van der Waals surface area contributed by atoms with Crippen LogP contribution in [0.2, 0.25) is 0 Å². The number of aliphatic carboxylic acids is 1. The van der Waals surface area contributed by atoms with Crippen LogP contribution in [0.15, 0.2) is 22.6 Å². The summed E-state index contributed by atoms with van der Waals surface area (Å²) in [5.74, 6) is -1.36. The van der Waals surface area contributed by atoms with Crippen LogP contribution in [0.3, 0.4) is 0 Å². The first-order valence-electron chi connectivity index (χ1n) is 4.92. The fourth-order valence-corrected chi connectivity index (χ4v) is 1.76. The molecule has 0 spiro atoms. The zero-order chi connectivity index (χ0) is 11.3. The number of benzene rings is 1. The highest BCUT2D eigenvalue weighted by molar-refractivity contribution is 5.84. The molecule has 0 bridgehead atoms. The third-order valence-corrected chi connectivity index (χ3v) is 2.94. The molecule has 0 amide bonds. The SMILES string of the molecule is O=C(O)C1(c2nc3cccc(F)c3o2)CC1. The molecule has 0 aliphatic heterocycles. The number of hydrogen-bond donors (Lipinski definition) is 1. The van der Waals surface area contributed by atoms with Gasteiger partial charge in [0.25, 0.3) is 0 Å². The Balaban J connectivity index is 2.20. The van der Waals surface area contributed by atoms with Crippen LogP contribution in [0.5, 0.6) is 0 Å². The van der Waals surface area contributed by atoms with E-state index in [-0.39, 0.29) is 11.5 Å². The number of aromatic nitrogens is 1. The Morgan fingerprint density at radius 1 is 1.50 bits per heavy atom. The molecule has 1 aromatic heterocycles. The lowest BCUT2D eigenvalue weighted by Crippen LogP contribution is -2.19. The summed E-state index contributed by atoms with van der Waals surface area (Å²) in [6.45, 7) is 0. The number of rotatable bonds is 2. The standard InChI is InChI=1S/C11H8FNO3/c12-6-2-1-3-7-8(6)16-9(13-7)11(4-5-11)10(14)15/h1-3H,4-5H2,(H,14,15). The lowest BCUT2D eigenvalue weighted by molar-refractivity contribution is -0.140. The zero-order valence-corrected chi connectivity index (χ0v) is 8.24. The van der Waals surface area contributed by atoms with Crippen molar-refractivity contribution in [3.05, 3.63) is 29.9 Å². The van der Waals surface area contributed by atoms with Gasteiger partial charge < -0.3 is 9.52 Å². The topological polar surface area (TPSA) is 63.3 Å². The quantitative estimate of drug-likeness (QED) is 0.843. The molecule has 1 saturated carbocycles. The van der Waals surface area contributed by atoms with Crippen molar-refractivity contribution in [2.45, 2.75) is 18.3 Å². The predicted molar refractivity (Wildman–Crippen MR) is 52.5 cm³/mol. The molecule has 4 nitrogen and oxygen atoms in total. The van der Waals surface area contributed by atoms with Crippen molar-refractivity contribution in [1.82, 2.24) is 4.98 Å². The van der Waals surface area contributed by atoms with Crippen molar-refractivity contribution in [3.63, 3.8) is 0 Å². The van der Waals surface area contributed by atoms with Crippen molar-refractivity contribution in [3.8, 4) is 0 Å². The summed E-state index contributed by atoms with van der Waals surface area (Å²) < 4.78 is 18.5. The van der Waals surface area contributed by atoms with Crippen molar-refractivity contribution >= 4 is 17.1 Å². The van der Waals surface area contributed by atoms with Crippen LogP contribution in [-0.2, 0) is 10.2 Å². The van der Waals surface area contributed by atoms with E-state index in [2.05, 4.69) is 4.98 Å². The van der Waals surface area contributed by atoms with Crippen molar-refractivity contribution in [2.75, 3.05) is 0 Å². The molecule has 1 aliphatic carbocycles. The Labute approximate surface area is 89.7 Å². The second-order valence-corrected chi connectivity index (χ2v) is 3.99. The smallest absolute Gasteiger partial charge is 0.319 e. The maximum Gasteiger partial charge on any atom is 0.319 e. The Hall–Kier alpha value is -1.91. The van der Waals surface area contributed by atoms with E-state index in [4.69, 9.17) is 9.52 Å². The van der Waals surface area contributed by atoms with Gasteiger partial charge in [-0.3, -0.25) is 4.79 Å². The summed E-state index contributed by atoms with van der Waals surface area (Å²) >= 11 is 0. The predicted octanol–water partition coefficient (Wildman–Crippen LogP) is 2.08. The van der Waals surface area contributed by atoms with Crippen molar-refractivity contribution in [2.24, 2.45) is 0 Å². The van der Waals surface area contributed by atoms with E-state index in [1.807, 2.05) is 0 Å². The van der Waals surface area contributed by atoms with Gasteiger partial charge >= 0.3 is 5.97 Å². The van der Waals surface area contributed by atoms with Gasteiger partial charge in [0.15, 0.2) is 11.4 Å². The number of hydrogen-bond acceptors (Lipinski definition) is 3. The van der Waals surface area contributed by atoms with E-state index in [9.17, 15) is 9.18 Å². The van der Waals surface area contributed by atoms with Gasteiger partial charge in [-0.1, -0.05) is 6.07 Å². The fraction of sp³-hybridized carbons (Fsp3) is 0.273. The van der Waals surface area contributed by atoms with Gasteiger partial charge in [-0.05, 0) is 25.0 Å².